The molecule has 2 nitrogen and oxygen atoms in total. The highest BCUT2D eigenvalue weighted by Gasteiger charge is 2.15. The molecule has 1 aromatic carbocycles. The summed E-state index contributed by atoms with van der Waals surface area (Å²) in [7, 11) is 0. The van der Waals surface area contributed by atoms with E-state index in [1.54, 1.807) is 0 Å². The molecule has 2 atom stereocenters. The smallest absolute Gasteiger partial charge is 0.0584 e. The van der Waals surface area contributed by atoms with Gasteiger partial charge in [-0.3, -0.25) is 0 Å². The van der Waals surface area contributed by atoms with E-state index in [0.717, 1.165) is 17.3 Å². The van der Waals surface area contributed by atoms with Crippen LogP contribution in [0.2, 0.25) is 0 Å². The van der Waals surface area contributed by atoms with Gasteiger partial charge in [-0.2, -0.15) is 0 Å². The minimum atomic E-state index is 0.178. The van der Waals surface area contributed by atoms with Crippen molar-refractivity contribution in [2.45, 2.75) is 38.8 Å². The Balaban J connectivity index is 2.78. The Kier molecular flexibility index (Phi) is 6.03. The van der Waals surface area contributed by atoms with Crippen molar-refractivity contribution in [1.29, 1.82) is 0 Å². The summed E-state index contributed by atoms with van der Waals surface area (Å²) in [6.07, 6.45) is 1.95. The Morgan fingerprint density at radius 3 is 2.44 bits per heavy atom. The summed E-state index contributed by atoms with van der Waals surface area (Å²) in [6, 6.07) is 8.72. The maximum Gasteiger partial charge on any atom is 0.0584 e. The van der Waals surface area contributed by atoms with E-state index in [9.17, 15) is 5.11 Å². The second-order valence-electron chi connectivity index (χ2n) is 3.94. The lowest BCUT2D eigenvalue weighted by Crippen LogP contribution is -2.35. The van der Waals surface area contributed by atoms with Gasteiger partial charge >= 0.3 is 0 Å². The molecule has 0 saturated heterocycles. The molecule has 0 saturated carbocycles. The van der Waals surface area contributed by atoms with E-state index in [2.05, 4.69) is 47.2 Å². The standard InChI is InChI=1S/C13H20BrNO/c1-3-10(9-16)15-13(4-2)11-7-5-6-8-12(11)14/h5-8,10,13,15-16H,3-4,9H2,1-2H3/t10-,13?/m1/s1. The molecule has 0 aliphatic rings. The number of nitrogens with one attached hydrogen (secondary N) is 1. The minimum absolute atomic E-state index is 0.178. The highest BCUT2D eigenvalue weighted by atomic mass is 79.9. The van der Waals surface area contributed by atoms with Crippen LogP contribution in [0.5, 0.6) is 0 Å². The summed E-state index contributed by atoms with van der Waals surface area (Å²) in [4.78, 5) is 0. The molecule has 0 aromatic heterocycles. The molecule has 1 aromatic rings. The molecule has 1 unspecified atom stereocenters. The van der Waals surface area contributed by atoms with E-state index in [4.69, 9.17) is 0 Å². The third-order valence-electron chi connectivity index (χ3n) is 2.84. The third kappa shape index (κ3) is 3.58. The molecule has 0 bridgehead atoms. The van der Waals surface area contributed by atoms with E-state index in [0.29, 0.717) is 6.04 Å². The number of aliphatic hydroxyl groups is 1. The number of aliphatic hydroxyl groups excluding tert-OH is 1. The quantitative estimate of drug-likeness (QED) is 0.841. The number of hydrogen-bond acceptors (Lipinski definition) is 2. The van der Waals surface area contributed by atoms with Gasteiger partial charge in [-0.25, -0.2) is 0 Å². The van der Waals surface area contributed by atoms with Gasteiger partial charge in [0.2, 0.25) is 0 Å². The second kappa shape index (κ2) is 7.05. The predicted octanol–water partition coefficient (Wildman–Crippen LogP) is 3.26. The molecule has 16 heavy (non-hydrogen) atoms. The number of benzene rings is 1. The molecule has 0 spiro atoms. The van der Waals surface area contributed by atoms with Crippen LogP contribution in [0.25, 0.3) is 0 Å². The lowest BCUT2D eigenvalue weighted by molar-refractivity contribution is 0.226. The maximum atomic E-state index is 9.21. The van der Waals surface area contributed by atoms with Crippen LogP contribution in [0.1, 0.15) is 38.3 Å². The van der Waals surface area contributed by atoms with Crippen molar-refractivity contribution in [3.05, 3.63) is 34.3 Å². The largest absolute Gasteiger partial charge is 0.395 e. The van der Waals surface area contributed by atoms with Crippen molar-refractivity contribution in [2.24, 2.45) is 0 Å². The molecule has 1 rings (SSSR count). The van der Waals surface area contributed by atoms with Crippen LogP contribution in [0.4, 0.5) is 0 Å². The van der Waals surface area contributed by atoms with Crippen LogP contribution in [0.3, 0.4) is 0 Å². The Bertz CT molecular complexity index is 313. The minimum Gasteiger partial charge on any atom is -0.395 e. The summed E-state index contributed by atoms with van der Waals surface area (Å²) in [5, 5.41) is 12.7. The van der Waals surface area contributed by atoms with Gasteiger partial charge in [-0.1, -0.05) is 48.0 Å². The fourth-order valence-corrected chi connectivity index (χ4v) is 2.33. The Hall–Kier alpha value is -0.380. The Morgan fingerprint density at radius 1 is 1.25 bits per heavy atom. The first-order valence-electron chi connectivity index (χ1n) is 5.84. The number of halogens is 1. The van der Waals surface area contributed by atoms with Gasteiger partial charge in [0.15, 0.2) is 0 Å². The third-order valence-corrected chi connectivity index (χ3v) is 3.56. The Labute approximate surface area is 106 Å². The van der Waals surface area contributed by atoms with Crippen molar-refractivity contribution in [3.63, 3.8) is 0 Å². The summed E-state index contributed by atoms with van der Waals surface area (Å²) in [6.45, 7) is 4.43. The molecular formula is C13H20BrNO. The van der Waals surface area contributed by atoms with Crippen LogP contribution < -0.4 is 5.32 Å². The molecule has 0 amide bonds. The zero-order valence-electron chi connectivity index (χ0n) is 9.91. The van der Waals surface area contributed by atoms with Crippen LogP contribution in [0.15, 0.2) is 28.7 Å². The highest BCUT2D eigenvalue weighted by molar-refractivity contribution is 9.10. The SMILES string of the molecule is CCC(N[C@H](CC)CO)c1ccccc1Br. The molecule has 0 aliphatic carbocycles. The molecule has 0 aliphatic heterocycles. The maximum absolute atomic E-state index is 9.21. The molecule has 0 radical (unpaired) electrons. The van der Waals surface area contributed by atoms with Crippen molar-refractivity contribution in [1.82, 2.24) is 5.32 Å². The van der Waals surface area contributed by atoms with E-state index in [1.165, 1.54) is 5.56 Å². The van der Waals surface area contributed by atoms with Crippen molar-refractivity contribution >= 4 is 15.9 Å². The van der Waals surface area contributed by atoms with Crippen LogP contribution in [-0.2, 0) is 0 Å². The first kappa shape index (κ1) is 13.7. The average molecular weight is 286 g/mol. The number of rotatable bonds is 6. The summed E-state index contributed by atoms with van der Waals surface area (Å²) in [5.41, 5.74) is 1.26. The molecule has 0 fully saturated rings. The molecular weight excluding hydrogens is 266 g/mol. The van der Waals surface area contributed by atoms with E-state index in [1.807, 2.05) is 12.1 Å². The zero-order valence-corrected chi connectivity index (χ0v) is 11.5. The predicted molar refractivity (Wildman–Crippen MR) is 71.5 cm³/mol. The van der Waals surface area contributed by atoms with Gasteiger partial charge in [0.1, 0.15) is 0 Å². The van der Waals surface area contributed by atoms with Crippen molar-refractivity contribution < 1.29 is 5.11 Å². The molecule has 3 heteroatoms. The average Bonchev–Trinajstić information content (AvgIpc) is 2.32. The van der Waals surface area contributed by atoms with Crippen molar-refractivity contribution in [2.75, 3.05) is 6.61 Å². The van der Waals surface area contributed by atoms with Crippen LogP contribution in [-0.4, -0.2) is 17.8 Å². The normalized spacial score (nSPS) is 14.8. The van der Waals surface area contributed by atoms with E-state index >= 15 is 0 Å². The van der Waals surface area contributed by atoms with Crippen LogP contribution >= 0.6 is 15.9 Å². The molecule has 0 heterocycles. The molecule has 90 valence electrons. The highest BCUT2D eigenvalue weighted by Crippen LogP contribution is 2.25. The lowest BCUT2D eigenvalue weighted by atomic mass is 10.0. The number of hydrogen-bond donors (Lipinski definition) is 2. The summed E-state index contributed by atoms with van der Waals surface area (Å²) in [5.74, 6) is 0. The van der Waals surface area contributed by atoms with Crippen LogP contribution in [0, 0.1) is 0 Å². The first-order chi connectivity index (χ1) is 7.72. The van der Waals surface area contributed by atoms with E-state index < -0.39 is 0 Å². The van der Waals surface area contributed by atoms with Crippen molar-refractivity contribution in [3.8, 4) is 0 Å². The van der Waals surface area contributed by atoms with Gasteiger partial charge in [-0.05, 0) is 24.5 Å². The monoisotopic (exact) mass is 285 g/mol. The van der Waals surface area contributed by atoms with Gasteiger partial charge in [0.05, 0.1) is 6.61 Å². The lowest BCUT2D eigenvalue weighted by Gasteiger charge is -2.24. The van der Waals surface area contributed by atoms with E-state index in [-0.39, 0.29) is 12.6 Å². The van der Waals surface area contributed by atoms with Gasteiger partial charge in [0.25, 0.3) is 0 Å². The van der Waals surface area contributed by atoms with Gasteiger partial charge in [0, 0.05) is 16.6 Å². The zero-order chi connectivity index (χ0) is 12.0. The second-order valence-corrected chi connectivity index (χ2v) is 4.79. The first-order valence-corrected chi connectivity index (χ1v) is 6.63. The summed E-state index contributed by atoms with van der Waals surface area (Å²) < 4.78 is 1.13. The summed E-state index contributed by atoms with van der Waals surface area (Å²) >= 11 is 3.57. The van der Waals surface area contributed by atoms with Gasteiger partial charge in [-0.15, -0.1) is 0 Å². The fourth-order valence-electron chi connectivity index (χ4n) is 1.77. The molecule has 2 N–H and O–H groups in total. The van der Waals surface area contributed by atoms with Gasteiger partial charge < -0.3 is 10.4 Å². The fraction of sp³-hybridized carbons (Fsp3) is 0.538. The Morgan fingerprint density at radius 2 is 1.94 bits per heavy atom. The topological polar surface area (TPSA) is 32.3 Å².